The zero-order valence-corrected chi connectivity index (χ0v) is 11.9. The van der Waals surface area contributed by atoms with Gasteiger partial charge in [0, 0.05) is 13.7 Å². The zero-order valence-electron chi connectivity index (χ0n) is 11.9. The Labute approximate surface area is 117 Å². The fourth-order valence-electron chi connectivity index (χ4n) is 1.81. The van der Waals surface area contributed by atoms with Crippen LogP contribution in [-0.4, -0.2) is 66.3 Å². The van der Waals surface area contributed by atoms with Gasteiger partial charge in [0.15, 0.2) is 0 Å². The van der Waals surface area contributed by atoms with Crippen LogP contribution >= 0.6 is 0 Å². The van der Waals surface area contributed by atoms with Gasteiger partial charge in [0.1, 0.15) is 12.1 Å². The zero-order chi connectivity index (χ0) is 15.3. The Morgan fingerprint density at radius 2 is 2.15 bits per heavy atom. The van der Waals surface area contributed by atoms with Crippen LogP contribution in [0.2, 0.25) is 0 Å². The van der Waals surface area contributed by atoms with Gasteiger partial charge >= 0.3 is 6.03 Å². The summed E-state index contributed by atoms with van der Waals surface area (Å²) in [5, 5.41) is 14.4. The van der Waals surface area contributed by atoms with Crippen molar-refractivity contribution in [3.8, 4) is 0 Å². The van der Waals surface area contributed by atoms with E-state index >= 15 is 0 Å². The molecular formula is C12H21N3O5. The van der Waals surface area contributed by atoms with Gasteiger partial charge in [-0.1, -0.05) is 0 Å². The number of rotatable bonds is 7. The Morgan fingerprint density at radius 1 is 1.50 bits per heavy atom. The van der Waals surface area contributed by atoms with Crippen molar-refractivity contribution in [2.75, 3.05) is 26.8 Å². The number of nitrogens with zero attached hydrogens (tertiary/aromatic N) is 1. The molecule has 1 rings (SSSR count). The van der Waals surface area contributed by atoms with Crippen LogP contribution in [0.15, 0.2) is 0 Å². The maximum Gasteiger partial charge on any atom is 0.325 e. The van der Waals surface area contributed by atoms with Crippen LogP contribution in [0.3, 0.4) is 0 Å². The monoisotopic (exact) mass is 287 g/mol. The summed E-state index contributed by atoms with van der Waals surface area (Å²) in [7, 11) is 1.47. The Morgan fingerprint density at radius 3 is 2.65 bits per heavy atom. The molecule has 1 aliphatic heterocycles. The van der Waals surface area contributed by atoms with Gasteiger partial charge in [0.2, 0.25) is 5.91 Å². The number of amides is 4. The van der Waals surface area contributed by atoms with Gasteiger partial charge in [-0.25, -0.2) is 4.79 Å². The highest BCUT2D eigenvalue weighted by molar-refractivity contribution is 6.08. The Kier molecular flexibility index (Phi) is 5.46. The molecule has 1 aliphatic rings. The highest BCUT2D eigenvalue weighted by Crippen LogP contribution is 2.15. The average Bonchev–Trinajstić information content (AvgIpc) is 2.52. The lowest BCUT2D eigenvalue weighted by Gasteiger charge is -2.16. The van der Waals surface area contributed by atoms with E-state index in [0.29, 0.717) is 6.42 Å². The fraction of sp³-hybridized carbons (Fsp3) is 0.750. The van der Waals surface area contributed by atoms with Crippen molar-refractivity contribution in [2.24, 2.45) is 0 Å². The summed E-state index contributed by atoms with van der Waals surface area (Å²) in [4.78, 5) is 35.9. The van der Waals surface area contributed by atoms with E-state index in [4.69, 9.17) is 4.74 Å². The predicted molar refractivity (Wildman–Crippen MR) is 69.8 cm³/mol. The van der Waals surface area contributed by atoms with Crippen LogP contribution < -0.4 is 10.6 Å². The van der Waals surface area contributed by atoms with E-state index < -0.39 is 29.5 Å². The Bertz CT molecular complexity index is 397. The van der Waals surface area contributed by atoms with Gasteiger partial charge in [-0.2, -0.15) is 0 Å². The predicted octanol–water partition coefficient (Wildman–Crippen LogP) is -1.17. The molecule has 114 valence electrons. The van der Waals surface area contributed by atoms with E-state index in [1.54, 1.807) is 13.8 Å². The molecule has 8 heteroatoms. The van der Waals surface area contributed by atoms with Crippen molar-refractivity contribution >= 4 is 17.8 Å². The van der Waals surface area contributed by atoms with Crippen molar-refractivity contribution in [3.63, 3.8) is 0 Å². The highest BCUT2D eigenvalue weighted by atomic mass is 16.5. The molecule has 1 atom stereocenters. The first-order valence-electron chi connectivity index (χ1n) is 6.35. The van der Waals surface area contributed by atoms with Crippen LogP contribution in [0, 0.1) is 0 Å². The number of hydrogen-bond donors (Lipinski definition) is 3. The van der Waals surface area contributed by atoms with Crippen molar-refractivity contribution in [1.29, 1.82) is 0 Å². The molecule has 1 heterocycles. The number of nitrogens with one attached hydrogen (secondary N) is 2. The number of aliphatic hydroxyl groups is 1. The van der Waals surface area contributed by atoms with E-state index in [-0.39, 0.29) is 19.7 Å². The summed E-state index contributed by atoms with van der Waals surface area (Å²) in [6.45, 7) is 3.26. The molecule has 4 amide bonds. The van der Waals surface area contributed by atoms with Gasteiger partial charge in [0.25, 0.3) is 5.91 Å². The SMILES string of the molecule is COCC(O)CCNC(=O)CN1C(=O)NC(C)(C)C1=O. The van der Waals surface area contributed by atoms with Crippen LogP contribution in [0.25, 0.3) is 0 Å². The topological polar surface area (TPSA) is 108 Å². The molecule has 0 saturated carbocycles. The average molecular weight is 287 g/mol. The quantitative estimate of drug-likeness (QED) is 0.511. The van der Waals surface area contributed by atoms with E-state index in [0.717, 1.165) is 4.90 Å². The summed E-state index contributed by atoms with van der Waals surface area (Å²) in [6.07, 6.45) is -0.318. The summed E-state index contributed by atoms with van der Waals surface area (Å²) < 4.78 is 4.75. The second kappa shape index (κ2) is 6.67. The minimum Gasteiger partial charge on any atom is -0.391 e. The van der Waals surface area contributed by atoms with E-state index in [1.807, 2.05) is 0 Å². The van der Waals surface area contributed by atoms with E-state index in [2.05, 4.69) is 10.6 Å². The lowest BCUT2D eigenvalue weighted by molar-refractivity contribution is -0.134. The smallest absolute Gasteiger partial charge is 0.325 e. The maximum absolute atomic E-state index is 11.8. The number of aliphatic hydroxyl groups excluding tert-OH is 1. The normalized spacial score (nSPS) is 18.9. The largest absolute Gasteiger partial charge is 0.391 e. The molecule has 3 N–H and O–H groups in total. The minimum absolute atomic E-state index is 0.192. The van der Waals surface area contributed by atoms with Gasteiger partial charge < -0.3 is 20.5 Å². The second-order valence-corrected chi connectivity index (χ2v) is 5.19. The summed E-state index contributed by atoms with van der Waals surface area (Å²) in [5.41, 5.74) is -0.980. The second-order valence-electron chi connectivity index (χ2n) is 5.19. The van der Waals surface area contributed by atoms with Crippen LogP contribution in [0.1, 0.15) is 20.3 Å². The van der Waals surface area contributed by atoms with Crippen molar-refractivity contribution in [2.45, 2.75) is 31.9 Å². The maximum atomic E-state index is 11.8. The molecule has 0 radical (unpaired) electrons. The molecule has 0 spiro atoms. The molecule has 8 nitrogen and oxygen atoms in total. The number of methoxy groups -OCH3 is 1. The fourth-order valence-corrected chi connectivity index (χ4v) is 1.81. The third kappa shape index (κ3) is 4.17. The standard InChI is InChI=1S/C12H21N3O5/c1-12(2)10(18)15(11(19)14-12)6-9(17)13-5-4-8(16)7-20-3/h8,16H,4-7H2,1-3H3,(H,13,17)(H,14,19). The van der Waals surface area contributed by atoms with E-state index in [1.165, 1.54) is 7.11 Å². The Balaban J connectivity index is 2.36. The van der Waals surface area contributed by atoms with Crippen LogP contribution in [0.5, 0.6) is 0 Å². The molecule has 0 aromatic carbocycles. The molecule has 0 aromatic rings. The number of carbonyl (C=O) groups excluding carboxylic acids is 3. The Hall–Kier alpha value is -1.67. The van der Waals surface area contributed by atoms with E-state index in [9.17, 15) is 19.5 Å². The first kappa shape index (κ1) is 16.4. The molecule has 20 heavy (non-hydrogen) atoms. The first-order chi connectivity index (χ1) is 9.27. The van der Waals surface area contributed by atoms with Crippen LogP contribution in [-0.2, 0) is 14.3 Å². The molecule has 0 aliphatic carbocycles. The summed E-state index contributed by atoms with van der Waals surface area (Å²) in [5.74, 6) is -0.882. The van der Waals surface area contributed by atoms with Gasteiger partial charge in [-0.05, 0) is 20.3 Å². The third-order valence-electron chi connectivity index (χ3n) is 2.90. The third-order valence-corrected chi connectivity index (χ3v) is 2.90. The lowest BCUT2D eigenvalue weighted by Crippen LogP contribution is -2.43. The number of carbonyl (C=O) groups is 3. The molecular weight excluding hydrogens is 266 g/mol. The number of hydrogen-bond acceptors (Lipinski definition) is 5. The van der Waals surface area contributed by atoms with Crippen LogP contribution in [0.4, 0.5) is 4.79 Å². The minimum atomic E-state index is -0.980. The highest BCUT2D eigenvalue weighted by Gasteiger charge is 2.44. The van der Waals surface area contributed by atoms with Crippen molar-refractivity contribution < 1.29 is 24.2 Å². The molecule has 1 saturated heterocycles. The molecule has 1 fully saturated rings. The number of ether oxygens (including phenoxy) is 1. The summed E-state index contributed by atoms with van der Waals surface area (Å²) >= 11 is 0. The van der Waals surface area contributed by atoms with Crippen molar-refractivity contribution in [1.82, 2.24) is 15.5 Å². The number of urea groups is 1. The molecule has 0 bridgehead atoms. The van der Waals surface area contributed by atoms with Gasteiger partial charge in [0.05, 0.1) is 12.7 Å². The van der Waals surface area contributed by atoms with Crippen molar-refractivity contribution in [3.05, 3.63) is 0 Å². The summed E-state index contributed by atoms with van der Waals surface area (Å²) in [6, 6.07) is -0.574. The number of imide groups is 1. The van der Waals surface area contributed by atoms with Gasteiger partial charge in [-0.15, -0.1) is 0 Å². The molecule has 0 aromatic heterocycles. The molecule has 1 unspecified atom stereocenters. The first-order valence-corrected chi connectivity index (χ1v) is 6.35. The van der Waals surface area contributed by atoms with Gasteiger partial charge in [-0.3, -0.25) is 14.5 Å². The lowest BCUT2D eigenvalue weighted by atomic mass is 10.1.